The van der Waals surface area contributed by atoms with E-state index in [-0.39, 0.29) is 5.78 Å². The molecule has 0 unspecified atom stereocenters. The summed E-state index contributed by atoms with van der Waals surface area (Å²) in [6.07, 6.45) is 7.28. The number of hydrogen-bond acceptors (Lipinski definition) is 4. The van der Waals surface area contributed by atoms with Crippen molar-refractivity contribution in [1.82, 2.24) is 19.1 Å². The van der Waals surface area contributed by atoms with Crippen molar-refractivity contribution in [3.8, 4) is 0 Å². The Hall–Kier alpha value is -3.90. The Kier molecular flexibility index (Phi) is 5.67. The summed E-state index contributed by atoms with van der Waals surface area (Å²) in [6, 6.07) is 19.5. The monoisotopic (exact) mass is 455 g/mol. The normalized spacial score (nSPS) is 11.1. The van der Waals surface area contributed by atoms with Gasteiger partial charge in [-0.1, -0.05) is 41.9 Å². The highest BCUT2D eigenvalue weighted by Crippen LogP contribution is 2.25. The first-order valence-corrected chi connectivity index (χ1v) is 11.0. The molecule has 7 heteroatoms. The molecule has 0 saturated heterocycles. The van der Waals surface area contributed by atoms with Crippen molar-refractivity contribution in [3.05, 3.63) is 113 Å². The summed E-state index contributed by atoms with van der Waals surface area (Å²) in [5.41, 5.74) is 4.44. The van der Waals surface area contributed by atoms with E-state index in [4.69, 9.17) is 11.6 Å². The van der Waals surface area contributed by atoms with E-state index in [2.05, 4.69) is 19.9 Å². The number of anilines is 1. The first-order chi connectivity index (χ1) is 16.1. The number of para-hydroxylation sites is 1. The van der Waals surface area contributed by atoms with Crippen LogP contribution in [0, 0.1) is 0 Å². The molecule has 0 amide bonds. The maximum Gasteiger partial charge on any atom is 0.230 e. The summed E-state index contributed by atoms with van der Waals surface area (Å²) in [5.74, 6) is 0.309. The fraction of sp³-hybridized carbons (Fsp3) is 0.115. The largest absolute Gasteiger partial charge is 0.378 e. The molecule has 5 rings (SSSR count). The minimum absolute atomic E-state index is 0.101. The molecule has 2 aromatic carbocycles. The molecule has 3 heterocycles. The van der Waals surface area contributed by atoms with Crippen LogP contribution in [0.25, 0.3) is 10.9 Å². The van der Waals surface area contributed by atoms with E-state index in [0.717, 1.165) is 27.8 Å². The number of aryl methyl sites for hydroxylation is 1. The molecule has 0 fully saturated rings. The van der Waals surface area contributed by atoms with Crippen molar-refractivity contribution >= 4 is 34.0 Å². The highest BCUT2D eigenvalue weighted by Gasteiger charge is 2.21. The van der Waals surface area contributed by atoms with Crippen molar-refractivity contribution in [1.29, 1.82) is 0 Å². The van der Waals surface area contributed by atoms with Crippen LogP contribution in [0.2, 0.25) is 5.02 Å². The second kappa shape index (κ2) is 8.92. The standard InChI is InChI=1S/C26H22ClN5O/c1-31-16-21(14-29-20-5-4-12-28-13-20)30-26(31)25(33)23-17-32(24-7-3-2-6-22(23)24)15-18-8-10-19(27)11-9-18/h2-13,16-17,29H,14-15H2,1H3. The molecule has 0 aliphatic rings. The van der Waals surface area contributed by atoms with Crippen LogP contribution in [0.3, 0.4) is 0 Å². The number of carbonyl (C=O) groups excluding carboxylic acids is 1. The zero-order valence-electron chi connectivity index (χ0n) is 18.1. The number of rotatable bonds is 7. The first kappa shape index (κ1) is 21.0. The smallest absolute Gasteiger partial charge is 0.230 e. The van der Waals surface area contributed by atoms with Crippen LogP contribution in [-0.4, -0.2) is 24.9 Å². The third kappa shape index (κ3) is 4.38. The lowest BCUT2D eigenvalue weighted by Crippen LogP contribution is -2.08. The van der Waals surface area contributed by atoms with Crippen LogP contribution in [0.5, 0.6) is 0 Å². The lowest BCUT2D eigenvalue weighted by atomic mass is 10.1. The molecule has 0 bridgehead atoms. The fourth-order valence-corrected chi connectivity index (χ4v) is 4.08. The number of hydrogen-bond donors (Lipinski definition) is 1. The van der Waals surface area contributed by atoms with E-state index in [1.54, 1.807) is 17.0 Å². The number of pyridine rings is 1. The number of halogens is 1. The molecule has 164 valence electrons. The van der Waals surface area contributed by atoms with Crippen LogP contribution >= 0.6 is 11.6 Å². The second-order valence-electron chi connectivity index (χ2n) is 7.91. The minimum Gasteiger partial charge on any atom is -0.378 e. The van der Waals surface area contributed by atoms with Crippen LogP contribution in [0.15, 0.2) is 85.5 Å². The zero-order valence-corrected chi connectivity index (χ0v) is 18.8. The van der Waals surface area contributed by atoms with Gasteiger partial charge in [0, 0.05) is 54.3 Å². The van der Waals surface area contributed by atoms with Gasteiger partial charge in [-0.2, -0.15) is 0 Å². The number of nitrogens with zero attached hydrogens (tertiary/aromatic N) is 4. The Morgan fingerprint density at radius 3 is 2.64 bits per heavy atom. The van der Waals surface area contributed by atoms with Gasteiger partial charge in [0.2, 0.25) is 5.78 Å². The van der Waals surface area contributed by atoms with Gasteiger partial charge in [0.15, 0.2) is 5.82 Å². The summed E-state index contributed by atoms with van der Waals surface area (Å²) < 4.78 is 3.88. The SMILES string of the molecule is Cn1cc(CNc2cccnc2)nc1C(=O)c1cn(Cc2ccc(Cl)cc2)c2ccccc12. The number of benzene rings is 2. The number of imidazole rings is 1. The Balaban J connectivity index is 1.44. The summed E-state index contributed by atoms with van der Waals surface area (Å²) in [6.45, 7) is 1.15. The predicted molar refractivity (Wildman–Crippen MR) is 131 cm³/mol. The lowest BCUT2D eigenvalue weighted by molar-refractivity contribution is 0.102. The molecule has 0 aliphatic heterocycles. The van der Waals surface area contributed by atoms with Gasteiger partial charge in [-0.25, -0.2) is 4.98 Å². The van der Waals surface area contributed by atoms with Crippen molar-refractivity contribution in [2.75, 3.05) is 5.32 Å². The number of fused-ring (bicyclic) bond motifs is 1. The molecule has 6 nitrogen and oxygen atoms in total. The van der Waals surface area contributed by atoms with Gasteiger partial charge in [0.25, 0.3) is 0 Å². The van der Waals surface area contributed by atoms with Crippen LogP contribution in [0.4, 0.5) is 5.69 Å². The van der Waals surface area contributed by atoms with Crippen molar-refractivity contribution < 1.29 is 4.79 Å². The highest BCUT2D eigenvalue weighted by atomic mass is 35.5. The van der Waals surface area contributed by atoms with E-state index in [1.807, 2.05) is 80.1 Å². The van der Waals surface area contributed by atoms with Crippen LogP contribution in [-0.2, 0) is 20.1 Å². The highest BCUT2D eigenvalue weighted by molar-refractivity contribution is 6.30. The molecular formula is C26H22ClN5O. The van der Waals surface area contributed by atoms with Crippen molar-refractivity contribution in [2.45, 2.75) is 13.1 Å². The molecule has 0 saturated carbocycles. The molecule has 1 N–H and O–H groups in total. The summed E-state index contributed by atoms with van der Waals surface area (Å²) in [7, 11) is 1.85. The molecular weight excluding hydrogens is 434 g/mol. The second-order valence-corrected chi connectivity index (χ2v) is 8.34. The number of ketones is 1. The third-order valence-corrected chi connectivity index (χ3v) is 5.82. The van der Waals surface area contributed by atoms with E-state index in [9.17, 15) is 4.79 Å². The number of aromatic nitrogens is 4. The molecule has 0 aliphatic carbocycles. The summed E-state index contributed by atoms with van der Waals surface area (Å²) in [4.78, 5) is 22.3. The summed E-state index contributed by atoms with van der Waals surface area (Å²) in [5, 5.41) is 4.90. The lowest BCUT2D eigenvalue weighted by Gasteiger charge is -2.05. The first-order valence-electron chi connectivity index (χ1n) is 10.6. The average molecular weight is 456 g/mol. The molecule has 0 spiro atoms. The molecule has 0 atom stereocenters. The average Bonchev–Trinajstić information content (AvgIpc) is 3.40. The quantitative estimate of drug-likeness (QED) is 0.337. The molecule has 33 heavy (non-hydrogen) atoms. The Bertz CT molecular complexity index is 1420. The van der Waals surface area contributed by atoms with E-state index in [1.165, 1.54) is 0 Å². The number of carbonyl (C=O) groups is 1. The summed E-state index contributed by atoms with van der Waals surface area (Å²) >= 11 is 6.03. The van der Waals surface area contributed by atoms with Gasteiger partial charge in [-0.3, -0.25) is 9.78 Å². The van der Waals surface area contributed by atoms with Gasteiger partial charge in [-0.15, -0.1) is 0 Å². The van der Waals surface area contributed by atoms with Gasteiger partial charge in [-0.05, 0) is 35.9 Å². The van der Waals surface area contributed by atoms with Crippen molar-refractivity contribution in [2.24, 2.45) is 7.05 Å². The van der Waals surface area contributed by atoms with Gasteiger partial charge < -0.3 is 14.5 Å². The fourth-order valence-electron chi connectivity index (χ4n) is 3.95. The topological polar surface area (TPSA) is 64.7 Å². The molecule has 3 aromatic heterocycles. The zero-order chi connectivity index (χ0) is 22.8. The molecule has 5 aromatic rings. The Labute approximate surface area is 196 Å². The van der Waals surface area contributed by atoms with Gasteiger partial charge >= 0.3 is 0 Å². The Morgan fingerprint density at radius 2 is 1.85 bits per heavy atom. The molecule has 0 radical (unpaired) electrons. The third-order valence-electron chi connectivity index (χ3n) is 5.56. The van der Waals surface area contributed by atoms with E-state index < -0.39 is 0 Å². The Morgan fingerprint density at radius 1 is 1.03 bits per heavy atom. The van der Waals surface area contributed by atoms with E-state index >= 15 is 0 Å². The minimum atomic E-state index is -0.101. The van der Waals surface area contributed by atoms with Crippen molar-refractivity contribution in [3.63, 3.8) is 0 Å². The van der Waals surface area contributed by atoms with Gasteiger partial charge in [0.05, 0.1) is 23.5 Å². The maximum absolute atomic E-state index is 13.5. The van der Waals surface area contributed by atoms with Crippen LogP contribution in [0.1, 0.15) is 27.4 Å². The predicted octanol–water partition coefficient (Wildman–Crippen LogP) is 5.31. The van der Waals surface area contributed by atoms with Gasteiger partial charge in [0.1, 0.15) is 0 Å². The maximum atomic E-state index is 13.5. The van der Waals surface area contributed by atoms with E-state index in [0.29, 0.717) is 29.5 Å². The van der Waals surface area contributed by atoms with Crippen LogP contribution < -0.4 is 5.32 Å². The number of nitrogens with one attached hydrogen (secondary N) is 1.